The van der Waals surface area contributed by atoms with Gasteiger partial charge in [0.25, 0.3) is 0 Å². The van der Waals surface area contributed by atoms with Crippen LogP contribution in [0.4, 0.5) is 0 Å². The van der Waals surface area contributed by atoms with E-state index in [0.717, 1.165) is 70.6 Å². The fourth-order valence-corrected chi connectivity index (χ4v) is 8.05. The first-order valence-electron chi connectivity index (χ1n) is 26.7. The third-order valence-electron chi connectivity index (χ3n) is 12.2. The molecule has 1 rings (SSSR count). The van der Waals surface area contributed by atoms with Crippen molar-refractivity contribution in [3.8, 4) is 0 Å². The van der Waals surface area contributed by atoms with Crippen molar-refractivity contribution >= 4 is 5.91 Å². The summed E-state index contributed by atoms with van der Waals surface area (Å²) in [6.45, 7) is 3.53. The molecule has 6 N–H and O–H groups in total. The van der Waals surface area contributed by atoms with Crippen LogP contribution >= 0.6 is 0 Å². The van der Waals surface area contributed by atoms with Crippen LogP contribution in [-0.4, -0.2) is 87.5 Å². The van der Waals surface area contributed by atoms with Gasteiger partial charge in [-0.3, -0.25) is 4.79 Å². The normalized spacial score (nSPS) is 20.5. The van der Waals surface area contributed by atoms with E-state index in [1.54, 1.807) is 6.08 Å². The highest BCUT2D eigenvalue weighted by atomic mass is 16.7. The lowest BCUT2D eigenvalue weighted by Gasteiger charge is -2.40. The number of allylic oxidation sites excluding steroid dienone is 11. The highest BCUT2D eigenvalue weighted by Gasteiger charge is 2.44. The number of rotatable bonds is 44. The van der Waals surface area contributed by atoms with Gasteiger partial charge in [0.1, 0.15) is 24.4 Å². The molecule has 7 atom stereocenters. The summed E-state index contributed by atoms with van der Waals surface area (Å²) in [7, 11) is 0. The molecule has 0 saturated carbocycles. The Bertz CT molecular complexity index is 1240. The molecule has 0 spiro atoms. The smallest absolute Gasteiger partial charge is 0.220 e. The molecule has 1 amide bonds. The molecule has 0 aliphatic carbocycles. The fraction of sp³-hybridized carbons (Fsp3) is 0.768. The van der Waals surface area contributed by atoms with E-state index in [1.807, 2.05) is 6.08 Å². The predicted octanol–water partition coefficient (Wildman–Crippen LogP) is 12.5. The Morgan fingerprint density at radius 1 is 0.538 bits per heavy atom. The minimum Gasteiger partial charge on any atom is -0.394 e. The number of amides is 1. The van der Waals surface area contributed by atoms with Crippen LogP contribution in [0.15, 0.2) is 72.9 Å². The van der Waals surface area contributed by atoms with Crippen LogP contribution in [0.1, 0.15) is 219 Å². The Labute approximate surface area is 398 Å². The van der Waals surface area contributed by atoms with Gasteiger partial charge in [-0.25, -0.2) is 0 Å². The number of carbonyl (C=O) groups is 1. The first-order valence-corrected chi connectivity index (χ1v) is 26.7. The first kappa shape index (κ1) is 60.6. The molecule has 9 heteroatoms. The summed E-state index contributed by atoms with van der Waals surface area (Å²) in [6, 6.07) is -0.819. The minimum atomic E-state index is -1.57. The lowest BCUT2D eigenvalue weighted by molar-refractivity contribution is -0.302. The van der Waals surface area contributed by atoms with Crippen LogP contribution in [0.25, 0.3) is 0 Å². The predicted molar refractivity (Wildman–Crippen MR) is 272 cm³/mol. The van der Waals surface area contributed by atoms with Crippen molar-refractivity contribution in [2.75, 3.05) is 13.2 Å². The standard InChI is InChI=1S/C56H99NO8/c1-3-5-7-9-11-12-13-14-15-16-17-18-19-20-21-22-23-24-25-26-27-28-29-30-31-32-33-34-35-36-37-38-40-42-44-46-52(60)57-49(50(59)45-43-41-39-10-8-6-4-2)48-64-56-55(63)54(62)53(61)51(47-58)65-56/h5,7-8,10-12,14-15,17-18,43,45,49-51,53-56,58-59,61-63H,3-4,6,9,13,16,19-42,44,46-48H2,1-2H3,(H,57,60)/b7-5-,10-8+,12-11-,15-14-,18-17-,45-43+. The molecule has 1 fully saturated rings. The summed E-state index contributed by atoms with van der Waals surface area (Å²) in [6.07, 6.45) is 56.0. The zero-order valence-electron chi connectivity index (χ0n) is 41.5. The van der Waals surface area contributed by atoms with Gasteiger partial charge >= 0.3 is 0 Å². The second kappa shape index (κ2) is 45.4. The number of nitrogens with one attached hydrogen (secondary N) is 1. The number of unbranched alkanes of at least 4 members (excludes halogenated alkanes) is 24. The lowest BCUT2D eigenvalue weighted by atomic mass is 9.99. The molecular formula is C56H99NO8. The molecule has 1 saturated heterocycles. The maximum atomic E-state index is 12.9. The maximum absolute atomic E-state index is 12.9. The van der Waals surface area contributed by atoms with Crippen molar-refractivity contribution < 1.29 is 39.8 Å². The Hall–Kier alpha value is -2.37. The molecule has 1 aliphatic rings. The highest BCUT2D eigenvalue weighted by molar-refractivity contribution is 5.76. The van der Waals surface area contributed by atoms with Crippen molar-refractivity contribution in [1.82, 2.24) is 5.32 Å². The summed E-state index contributed by atoms with van der Waals surface area (Å²) in [5, 5.41) is 53.9. The molecular weight excluding hydrogens is 815 g/mol. The molecule has 7 unspecified atom stereocenters. The van der Waals surface area contributed by atoms with E-state index in [-0.39, 0.29) is 12.5 Å². The SMILES string of the molecule is CC/C=C\C/C=C\C/C=C\C/C=C\CCCCCCCCCCCCCCCCCCCCCCCCC(=O)NC(COC1OC(CO)C(O)C(O)C1O)C(O)/C=C/CC/C=C/CCC. The molecule has 0 bridgehead atoms. The minimum absolute atomic E-state index is 0.191. The number of ether oxygens (including phenoxy) is 2. The molecule has 1 aliphatic heterocycles. The average molecular weight is 914 g/mol. The van der Waals surface area contributed by atoms with E-state index in [2.05, 4.69) is 79.9 Å². The number of aliphatic hydroxyl groups is 5. The maximum Gasteiger partial charge on any atom is 0.220 e. The summed E-state index contributed by atoms with van der Waals surface area (Å²) >= 11 is 0. The Kier molecular flexibility index (Phi) is 42.4. The lowest BCUT2D eigenvalue weighted by Crippen LogP contribution is -2.60. The molecule has 0 aromatic heterocycles. The highest BCUT2D eigenvalue weighted by Crippen LogP contribution is 2.23. The van der Waals surface area contributed by atoms with E-state index in [9.17, 15) is 30.3 Å². The van der Waals surface area contributed by atoms with E-state index in [4.69, 9.17) is 9.47 Å². The van der Waals surface area contributed by atoms with Gasteiger partial charge in [-0.15, -0.1) is 0 Å². The van der Waals surface area contributed by atoms with Gasteiger partial charge in [0.15, 0.2) is 6.29 Å². The topological polar surface area (TPSA) is 149 Å². The van der Waals surface area contributed by atoms with Crippen LogP contribution in [0.2, 0.25) is 0 Å². The van der Waals surface area contributed by atoms with E-state index in [1.165, 1.54) is 128 Å². The number of carbonyl (C=O) groups excluding carboxylic acids is 1. The van der Waals surface area contributed by atoms with Crippen LogP contribution in [0.3, 0.4) is 0 Å². The van der Waals surface area contributed by atoms with Crippen LogP contribution < -0.4 is 5.32 Å². The molecule has 65 heavy (non-hydrogen) atoms. The quantitative estimate of drug-likeness (QED) is 0.0261. The summed E-state index contributed by atoms with van der Waals surface area (Å²) in [4.78, 5) is 12.9. The van der Waals surface area contributed by atoms with Gasteiger partial charge in [0.2, 0.25) is 5.91 Å². The fourth-order valence-electron chi connectivity index (χ4n) is 8.05. The third kappa shape index (κ3) is 35.4. The van der Waals surface area contributed by atoms with Gasteiger partial charge in [-0.05, 0) is 64.2 Å². The van der Waals surface area contributed by atoms with E-state index >= 15 is 0 Å². The Balaban J connectivity index is 2.02. The molecule has 0 aromatic carbocycles. The first-order chi connectivity index (χ1) is 31.8. The average Bonchev–Trinajstić information content (AvgIpc) is 3.31. The second-order valence-electron chi connectivity index (χ2n) is 18.3. The number of aliphatic hydroxyl groups excluding tert-OH is 5. The molecule has 9 nitrogen and oxygen atoms in total. The van der Waals surface area contributed by atoms with Crippen LogP contribution in [0, 0.1) is 0 Å². The van der Waals surface area contributed by atoms with E-state index in [0.29, 0.717) is 6.42 Å². The van der Waals surface area contributed by atoms with Crippen molar-refractivity contribution in [2.45, 2.75) is 262 Å². The summed E-state index contributed by atoms with van der Waals surface area (Å²) in [5.74, 6) is -0.191. The van der Waals surface area contributed by atoms with Gasteiger partial charge in [-0.2, -0.15) is 0 Å². The van der Waals surface area contributed by atoms with Crippen LogP contribution in [0.5, 0.6) is 0 Å². The van der Waals surface area contributed by atoms with Gasteiger partial charge < -0.3 is 40.3 Å². The van der Waals surface area contributed by atoms with Crippen molar-refractivity contribution in [2.24, 2.45) is 0 Å². The van der Waals surface area contributed by atoms with Crippen molar-refractivity contribution in [3.05, 3.63) is 72.9 Å². The van der Waals surface area contributed by atoms with Gasteiger partial charge in [0, 0.05) is 6.42 Å². The van der Waals surface area contributed by atoms with Crippen molar-refractivity contribution in [1.29, 1.82) is 0 Å². The van der Waals surface area contributed by atoms with Crippen molar-refractivity contribution in [3.63, 3.8) is 0 Å². The zero-order valence-corrected chi connectivity index (χ0v) is 41.5. The zero-order chi connectivity index (χ0) is 47.3. The molecule has 376 valence electrons. The molecule has 1 heterocycles. The summed E-state index contributed by atoms with van der Waals surface area (Å²) in [5.41, 5.74) is 0. The second-order valence-corrected chi connectivity index (χ2v) is 18.3. The number of hydrogen-bond acceptors (Lipinski definition) is 8. The monoisotopic (exact) mass is 914 g/mol. The third-order valence-corrected chi connectivity index (χ3v) is 12.2. The van der Waals surface area contributed by atoms with Gasteiger partial charge in [0.05, 0.1) is 25.4 Å². The largest absolute Gasteiger partial charge is 0.394 e. The van der Waals surface area contributed by atoms with Gasteiger partial charge in [-0.1, -0.05) is 222 Å². The Morgan fingerprint density at radius 3 is 1.46 bits per heavy atom. The van der Waals surface area contributed by atoms with Crippen LogP contribution in [-0.2, 0) is 14.3 Å². The molecule has 0 aromatic rings. The number of hydrogen-bond donors (Lipinski definition) is 6. The van der Waals surface area contributed by atoms with E-state index < -0.39 is 49.5 Å². The summed E-state index contributed by atoms with van der Waals surface area (Å²) < 4.78 is 11.2. The molecule has 0 radical (unpaired) electrons. The Morgan fingerprint density at radius 2 is 0.969 bits per heavy atom.